The average Bonchev–Trinajstić information content (AvgIpc) is 2.32. The van der Waals surface area contributed by atoms with Gasteiger partial charge in [0.2, 0.25) is 0 Å². The molecule has 0 aliphatic heterocycles. The van der Waals surface area contributed by atoms with E-state index in [2.05, 4.69) is 0 Å². The molecule has 2 aromatic carbocycles. The van der Waals surface area contributed by atoms with Crippen LogP contribution in [-0.2, 0) is 15.6 Å². The van der Waals surface area contributed by atoms with Crippen LogP contribution in [0.2, 0.25) is 0 Å². The third-order valence-electron chi connectivity index (χ3n) is 2.47. The fourth-order valence-electron chi connectivity index (χ4n) is 1.54. The molecule has 2 rings (SSSR count). The van der Waals surface area contributed by atoms with Crippen molar-refractivity contribution in [1.29, 1.82) is 0 Å². The molecule has 0 radical (unpaired) electrons. The Morgan fingerprint density at radius 3 is 2.06 bits per heavy atom. The number of sulfone groups is 1. The summed E-state index contributed by atoms with van der Waals surface area (Å²) >= 11 is 0. The molecule has 0 aromatic heterocycles. The van der Waals surface area contributed by atoms with Crippen LogP contribution < -0.4 is 0 Å². The zero-order valence-electron chi connectivity index (χ0n) is 9.38. The summed E-state index contributed by atoms with van der Waals surface area (Å²) in [6.45, 7) is 0. The van der Waals surface area contributed by atoms with Crippen molar-refractivity contribution in [2.75, 3.05) is 0 Å². The van der Waals surface area contributed by atoms with Gasteiger partial charge < -0.3 is 5.11 Å². The van der Waals surface area contributed by atoms with Crippen molar-refractivity contribution in [2.45, 2.75) is 10.6 Å². The summed E-state index contributed by atoms with van der Waals surface area (Å²) in [4.78, 5) is 0.129. The van der Waals surface area contributed by atoms with Crippen molar-refractivity contribution in [3.63, 3.8) is 0 Å². The van der Waals surface area contributed by atoms with E-state index in [1.165, 1.54) is 48.5 Å². The molecule has 0 bridgehead atoms. The molecule has 0 spiro atoms. The van der Waals surface area contributed by atoms with E-state index in [-0.39, 0.29) is 16.4 Å². The molecule has 0 unspecified atom stereocenters. The Morgan fingerprint density at radius 2 is 1.50 bits per heavy atom. The van der Waals surface area contributed by atoms with Crippen LogP contribution in [0.3, 0.4) is 0 Å². The summed E-state index contributed by atoms with van der Waals surface area (Å²) in [6, 6.07) is 10.6. The van der Waals surface area contributed by atoms with E-state index >= 15 is 0 Å². The van der Waals surface area contributed by atoms with E-state index in [1.54, 1.807) is 0 Å². The largest absolute Gasteiger partial charge is 0.508 e. The Bertz CT molecular complexity index is 631. The summed E-state index contributed by atoms with van der Waals surface area (Å²) in [5, 5.41) is 9.11. The van der Waals surface area contributed by atoms with Gasteiger partial charge in [-0.25, -0.2) is 12.8 Å². The number of halogens is 1. The van der Waals surface area contributed by atoms with Gasteiger partial charge in [0, 0.05) is 0 Å². The van der Waals surface area contributed by atoms with Gasteiger partial charge >= 0.3 is 0 Å². The molecule has 5 heteroatoms. The predicted molar refractivity (Wildman–Crippen MR) is 65.4 cm³/mol. The first-order valence-corrected chi connectivity index (χ1v) is 6.89. The Kier molecular flexibility index (Phi) is 3.34. The number of hydrogen-bond acceptors (Lipinski definition) is 3. The molecule has 3 nitrogen and oxygen atoms in total. The summed E-state index contributed by atoms with van der Waals surface area (Å²) in [7, 11) is -3.48. The van der Waals surface area contributed by atoms with Gasteiger partial charge in [0.1, 0.15) is 11.6 Å². The second-order valence-corrected chi connectivity index (χ2v) is 5.87. The lowest BCUT2D eigenvalue weighted by Crippen LogP contribution is -2.04. The van der Waals surface area contributed by atoms with Crippen LogP contribution in [0.15, 0.2) is 53.4 Å². The quantitative estimate of drug-likeness (QED) is 0.928. The van der Waals surface area contributed by atoms with E-state index in [9.17, 15) is 12.8 Å². The summed E-state index contributed by atoms with van der Waals surface area (Å²) in [6.07, 6.45) is 0. The van der Waals surface area contributed by atoms with E-state index in [0.29, 0.717) is 5.56 Å². The molecule has 0 fully saturated rings. The Morgan fingerprint density at radius 1 is 0.944 bits per heavy atom. The highest BCUT2D eigenvalue weighted by molar-refractivity contribution is 7.90. The van der Waals surface area contributed by atoms with Crippen LogP contribution >= 0.6 is 0 Å². The maximum atomic E-state index is 12.7. The topological polar surface area (TPSA) is 54.4 Å². The van der Waals surface area contributed by atoms with Crippen LogP contribution in [0.25, 0.3) is 0 Å². The van der Waals surface area contributed by atoms with Gasteiger partial charge in [0.05, 0.1) is 10.6 Å². The molecular formula is C13H11FO3S. The first kappa shape index (κ1) is 12.6. The van der Waals surface area contributed by atoms with Gasteiger partial charge in [-0.3, -0.25) is 0 Å². The van der Waals surface area contributed by atoms with Gasteiger partial charge in [-0.1, -0.05) is 12.1 Å². The van der Waals surface area contributed by atoms with Gasteiger partial charge in [0.25, 0.3) is 0 Å². The molecule has 0 amide bonds. The highest BCUT2D eigenvalue weighted by Crippen LogP contribution is 2.19. The predicted octanol–water partition coefficient (Wildman–Crippen LogP) is 2.51. The minimum Gasteiger partial charge on any atom is -0.508 e. The smallest absolute Gasteiger partial charge is 0.182 e. The maximum Gasteiger partial charge on any atom is 0.182 e. The van der Waals surface area contributed by atoms with Gasteiger partial charge in [-0.2, -0.15) is 0 Å². The molecule has 18 heavy (non-hydrogen) atoms. The highest BCUT2D eigenvalue weighted by Gasteiger charge is 2.15. The lowest BCUT2D eigenvalue weighted by atomic mass is 10.2. The second kappa shape index (κ2) is 4.78. The minimum atomic E-state index is -3.48. The van der Waals surface area contributed by atoms with Crippen LogP contribution in [-0.4, -0.2) is 13.5 Å². The van der Waals surface area contributed by atoms with Crippen molar-refractivity contribution in [1.82, 2.24) is 0 Å². The Labute approximate surface area is 104 Å². The number of hydrogen-bond donors (Lipinski definition) is 1. The van der Waals surface area contributed by atoms with Gasteiger partial charge in [0.15, 0.2) is 9.84 Å². The van der Waals surface area contributed by atoms with Crippen molar-refractivity contribution in [3.8, 4) is 5.75 Å². The van der Waals surface area contributed by atoms with E-state index in [1.807, 2.05) is 0 Å². The first-order chi connectivity index (χ1) is 8.47. The number of rotatable bonds is 3. The maximum absolute atomic E-state index is 12.7. The minimum absolute atomic E-state index is 0.00994. The zero-order valence-corrected chi connectivity index (χ0v) is 10.2. The number of phenols is 1. The van der Waals surface area contributed by atoms with E-state index < -0.39 is 15.7 Å². The fraction of sp³-hybridized carbons (Fsp3) is 0.0769. The standard InChI is InChI=1S/C13H11FO3S/c14-11-3-1-10(2-4-11)9-18(16,17)13-7-5-12(15)6-8-13/h1-8,15H,9H2. The lowest BCUT2D eigenvalue weighted by Gasteiger charge is -2.04. The SMILES string of the molecule is O=S(=O)(Cc1ccc(F)cc1)c1ccc(O)cc1. The van der Waals surface area contributed by atoms with E-state index in [0.717, 1.165) is 0 Å². The average molecular weight is 266 g/mol. The van der Waals surface area contributed by atoms with Crippen LogP contribution in [0.1, 0.15) is 5.56 Å². The lowest BCUT2D eigenvalue weighted by molar-refractivity contribution is 0.475. The summed E-state index contributed by atoms with van der Waals surface area (Å²) in [5.74, 6) is -0.588. The number of aromatic hydroxyl groups is 1. The van der Waals surface area contributed by atoms with Crippen LogP contribution in [0.4, 0.5) is 4.39 Å². The van der Waals surface area contributed by atoms with Crippen molar-refractivity contribution >= 4 is 9.84 Å². The van der Waals surface area contributed by atoms with Crippen LogP contribution in [0, 0.1) is 5.82 Å². The van der Waals surface area contributed by atoms with Crippen molar-refractivity contribution in [2.24, 2.45) is 0 Å². The normalized spacial score (nSPS) is 11.4. The summed E-state index contributed by atoms with van der Waals surface area (Å²) in [5.41, 5.74) is 0.518. The molecule has 0 heterocycles. The third kappa shape index (κ3) is 2.87. The van der Waals surface area contributed by atoms with Crippen LogP contribution in [0.5, 0.6) is 5.75 Å². The van der Waals surface area contributed by atoms with Gasteiger partial charge in [-0.05, 0) is 42.0 Å². The Balaban J connectivity index is 2.27. The van der Waals surface area contributed by atoms with Crippen molar-refractivity contribution in [3.05, 3.63) is 59.9 Å². The zero-order chi connectivity index (χ0) is 13.2. The second-order valence-electron chi connectivity index (χ2n) is 3.88. The van der Waals surface area contributed by atoms with Gasteiger partial charge in [-0.15, -0.1) is 0 Å². The molecule has 1 N–H and O–H groups in total. The molecule has 0 aliphatic carbocycles. The molecular weight excluding hydrogens is 255 g/mol. The van der Waals surface area contributed by atoms with E-state index in [4.69, 9.17) is 5.11 Å². The molecule has 0 atom stereocenters. The summed E-state index contributed by atoms with van der Waals surface area (Å²) < 4.78 is 36.8. The van der Waals surface area contributed by atoms with Crippen molar-refractivity contribution < 1.29 is 17.9 Å². The third-order valence-corrected chi connectivity index (χ3v) is 4.17. The monoisotopic (exact) mass is 266 g/mol. The number of phenolic OH excluding ortho intramolecular Hbond substituents is 1. The fourth-order valence-corrected chi connectivity index (χ4v) is 2.89. The first-order valence-electron chi connectivity index (χ1n) is 5.24. The molecule has 0 saturated heterocycles. The number of benzene rings is 2. The molecule has 0 saturated carbocycles. The molecule has 0 aliphatic rings. The molecule has 94 valence electrons. The molecule has 2 aromatic rings. The Hall–Kier alpha value is -1.88. The highest BCUT2D eigenvalue weighted by atomic mass is 32.2.